The maximum atomic E-state index is 12.5. The largest absolute Gasteiger partial charge is 0.482 e. The van der Waals surface area contributed by atoms with Crippen molar-refractivity contribution >= 4 is 11.7 Å². The van der Waals surface area contributed by atoms with E-state index in [4.69, 9.17) is 9.47 Å². The number of aryl methyl sites for hydroxylation is 1. The Kier molecular flexibility index (Phi) is 8.40. The molecule has 0 spiro atoms. The molecule has 1 unspecified atom stereocenters. The number of aromatic nitrogens is 2. The van der Waals surface area contributed by atoms with Gasteiger partial charge in [-0.05, 0) is 49.6 Å². The number of carbonyl (C=O) groups excluding carboxylic acids is 1. The van der Waals surface area contributed by atoms with E-state index in [1.165, 1.54) is 6.07 Å². The second-order valence-corrected chi connectivity index (χ2v) is 6.64. The van der Waals surface area contributed by atoms with E-state index in [0.717, 1.165) is 18.2 Å². The lowest BCUT2D eigenvalue weighted by Gasteiger charge is -2.16. The third-order valence-corrected chi connectivity index (χ3v) is 4.02. The van der Waals surface area contributed by atoms with Gasteiger partial charge in [-0.25, -0.2) is 9.97 Å². The fraction of sp³-hybridized carbons (Fsp3) is 0.450. The Bertz CT molecular complexity index is 857. The van der Waals surface area contributed by atoms with Crippen molar-refractivity contribution in [3.05, 3.63) is 47.4 Å². The van der Waals surface area contributed by atoms with Crippen LogP contribution in [0, 0.1) is 6.92 Å². The van der Waals surface area contributed by atoms with Crippen LogP contribution in [0.15, 0.2) is 30.6 Å². The first-order chi connectivity index (χ1) is 14.2. The Morgan fingerprint density at radius 2 is 2.07 bits per heavy atom. The molecule has 1 atom stereocenters. The van der Waals surface area contributed by atoms with Gasteiger partial charge in [0.05, 0.1) is 12.2 Å². The molecule has 0 fully saturated rings. The van der Waals surface area contributed by atoms with Crippen LogP contribution in [0.5, 0.6) is 5.75 Å². The Morgan fingerprint density at radius 1 is 1.30 bits per heavy atom. The highest BCUT2D eigenvalue weighted by Crippen LogP contribution is 2.22. The minimum Gasteiger partial charge on any atom is -0.482 e. The fourth-order valence-electron chi connectivity index (χ4n) is 2.49. The van der Waals surface area contributed by atoms with Crippen LogP contribution < -0.4 is 15.4 Å². The van der Waals surface area contributed by atoms with Crippen molar-refractivity contribution in [1.82, 2.24) is 15.3 Å². The second-order valence-electron chi connectivity index (χ2n) is 6.64. The van der Waals surface area contributed by atoms with Gasteiger partial charge in [0.25, 0.3) is 5.91 Å². The lowest BCUT2D eigenvalue weighted by Crippen LogP contribution is -2.27. The van der Waals surface area contributed by atoms with Crippen molar-refractivity contribution in [3.8, 4) is 5.75 Å². The topological polar surface area (TPSA) is 85.4 Å². The molecule has 2 heterocycles. The molecule has 2 aromatic rings. The lowest BCUT2D eigenvalue weighted by molar-refractivity contribution is -0.153. The van der Waals surface area contributed by atoms with Gasteiger partial charge >= 0.3 is 6.18 Å². The summed E-state index contributed by atoms with van der Waals surface area (Å²) in [7, 11) is 0. The first-order valence-corrected chi connectivity index (χ1v) is 9.44. The average Bonchev–Trinajstić information content (AvgIpc) is 2.69. The SMILES string of the molecule is CCCOCNc1cc(C(C)NC(=O)c2cc(C)c(OCC(F)(F)F)cn2)ccn1.[HH].[HH]. The van der Waals surface area contributed by atoms with Gasteiger partial charge in [0.2, 0.25) is 0 Å². The van der Waals surface area contributed by atoms with Crippen LogP contribution in [0.4, 0.5) is 19.0 Å². The van der Waals surface area contributed by atoms with Gasteiger partial charge in [0, 0.05) is 15.7 Å². The summed E-state index contributed by atoms with van der Waals surface area (Å²) in [6, 6.07) is 4.61. The molecule has 0 saturated carbocycles. The Morgan fingerprint density at radius 3 is 2.73 bits per heavy atom. The summed E-state index contributed by atoms with van der Waals surface area (Å²) in [5.41, 5.74) is 1.28. The minimum atomic E-state index is -4.45. The third kappa shape index (κ3) is 7.51. The van der Waals surface area contributed by atoms with Gasteiger partial charge < -0.3 is 20.1 Å². The molecule has 2 N–H and O–H groups in total. The van der Waals surface area contributed by atoms with E-state index in [1.54, 1.807) is 32.2 Å². The Hall–Kier alpha value is -2.88. The highest BCUT2D eigenvalue weighted by atomic mass is 19.4. The predicted molar refractivity (Wildman–Crippen MR) is 110 cm³/mol. The number of hydrogen-bond acceptors (Lipinski definition) is 6. The van der Waals surface area contributed by atoms with Crippen LogP contribution in [0.25, 0.3) is 0 Å². The van der Waals surface area contributed by atoms with Crippen molar-refractivity contribution in [1.29, 1.82) is 0 Å². The number of nitrogens with one attached hydrogen (secondary N) is 2. The van der Waals surface area contributed by atoms with E-state index in [1.807, 2.05) is 6.92 Å². The van der Waals surface area contributed by atoms with E-state index in [2.05, 4.69) is 20.6 Å². The summed E-state index contributed by atoms with van der Waals surface area (Å²) in [6.07, 6.45) is -0.791. The lowest BCUT2D eigenvalue weighted by atomic mass is 10.1. The smallest absolute Gasteiger partial charge is 0.422 e. The van der Waals surface area contributed by atoms with Gasteiger partial charge in [-0.15, -0.1) is 0 Å². The fourth-order valence-corrected chi connectivity index (χ4v) is 2.49. The first-order valence-electron chi connectivity index (χ1n) is 9.44. The van der Waals surface area contributed by atoms with E-state index < -0.39 is 18.7 Å². The molecule has 7 nitrogen and oxygen atoms in total. The van der Waals surface area contributed by atoms with E-state index in [9.17, 15) is 18.0 Å². The molecule has 0 bridgehead atoms. The van der Waals surface area contributed by atoms with E-state index in [-0.39, 0.29) is 20.3 Å². The molecule has 2 rings (SSSR count). The Balaban J connectivity index is 0.00000480. The van der Waals surface area contributed by atoms with Crippen LogP contribution in [-0.2, 0) is 4.74 Å². The number of ether oxygens (including phenoxy) is 2. The molecule has 0 aliphatic rings. The number of nitrogens with zero attached hydrogens (tertiary/aromatic N) is 2. The molecule has 1 amide bonds. The number of hydrogen-bond donors (Lipinski definition) is 2. The van der Waals surface area contributed by atoms with Gasteiger partial charge in [0.1, 0.15) is 24.0 Å². The summed E-state index contributed by atoms with van der Waals surface area (Å²) in [5.74, 6) is 0.141. The van der Waals surface area contributed by atoms with Crippen molar-refractivity contribution in [2.75, 3.05) is 25.3 Å². The highest BCUT2D eigenvalue weighted by molar-refractivity contribution is 5.92. The van der Waals surface area contributed by atoms with Crippen molar-refractivity contribution in [2.24, 2.45) is 0 Å². The molecule has 0 aliphatic carbocycles. The summed E-state index contributed by atoms with van der Waals surface area (Å²) < 4.78 is 46.9. The molecule has 30 heavy (non-hydrogen) atoms. The average molecular weight is 430 g/mol. The number of carbonyl (C=O) groups is 1. The van der Waals surface area contributed by atoms with Crippen molar-refractivity contribution in [2.45, 2.75) is 39.4 Å². The number of halogens is 3. The molecule has 2 aromatic heterocycles. The number of alkyl halides is 3. The maximum Gasteiger partial charge on any atom is 0.422 e. The first kappa shape index (κ1) is 23.4. The number of pyridine rings is 2. The second kappa shape index (κ2) is 10.8. The number of amides is 1. The zero-order valence-electron chi connectivity index (χ0n) is 17.0. The predicted octanol–water partition coefficient (Wildman–Crippen LogP) is 4.51. The zero-order valence-corrected chi connectivity index (χ0v) is 17.0. The van der Waals surface area contributed by atoms with Crippen LogP contribution in [0.2, 0.25) is 0 Å². The third-order valence-electron chi connectivity index (χ3n) is 4.02. The number of anilines is 1. The van der Waals surface area contributed by atoms with Crippen LogP contribution in [-0.4, -0.2) is 42.0 Å². The molecule has 0 aromatic carbocycles. The summed E-state index contributed by atoms with van der Waals surface area (Å²) in [6.45, 7) is 4.93. The molecule has 10 heteroatoms. The molecule has 0 aliphatic heterocycles. The summed E-state index contributed by atoms with van der Waals surface area (Å²) >= 11 is 0. The van der Waals surface area contributed by atoms with Crippen LogP contribution in [0.3, 0.4) is 0 Å². The van der Waals surface area contributed by atoms with Crippen LogP contribution >= 0.6 is 0 Å². The van der Waals surface area contributed by atoms with E-state index >= 15 is 0 Å². The molecular formula is C20H29F3N4O3. The Labute approximate surface area is 176 Å². The van der Waals surface area contributed by atoms with Gasteiger partial charge in [0.15, 0.2) is 6.61 Å². The summed E-state index contributed by atoms with van der Waals surface area (Å²) in [5, 5.41) is 5.85. The van der Waals surface area contributed by atoms with Gasteiger partial charge in [-0.3, -0.25) is 4.79 Å². The minimum absolute atomic E-state index is 0. The van der Waals surface area contributed by atoms with Crippen molar-refractivity contribution in [3.63, 3.8) is 0 Å². The quantitative estimate of drug-likeness (QED) is 0.426. The molecule has 0 saturated heterocycles. The standard InChI is InChI=1S/C20H25F3N4O3.2H2/c1-4-7-29-12-26-18-9-15(5-6-24-18)14(3)27-19(28)16-8-13(2)17(10-25-16)30-11-20(21,22)23;;/h5-6,8-10,14H,4,7,11-12H2,1-3H3,(H,24,26)(H,27,28);2*1H. The normalized spacial score (nSPS) is 12.3. The van der Waals surface area contributed by atoms with Crippen LogP contribution in [0.1, 0.15) is 50.8 Å². The molecule has 168 valence electrons. The highest BCUT2D eigenvalue weighted by Gasteiger charge is 2.28. The molecular weight excluding hydrogens is 401 g/mol. The van der Waals surface area contributed by atoms with Gasteiger partial charge in [-0.2, -0.15) is 13.2 Å². The monoisotopic (exact) mass is 430 g/mol. The maximum absolute atomic E-state index is 12.5. The summed E-state index contributed by atoms with van der Waals surface area (Å²) in [4.78, 5) is 20.6. The zero-order chi connectivity index (χ0) is 22.1. The number of rotatable bonds is 10. The van der Waals surface area contributed by atoms with Gasteiger partial charge in [-0.1, -0.05) is 6.92 Å². The molecule has 0 radical (unpaired) electrons. The van der Waals surface area contributed by atoms with Crippen molar-refractivity contribution < 1.29 is 30.3 Å². The van der Waals surface area contributed by atoms with E-state index in [0.29, 0.717) is 24.7 Å².